The lowest BCUT2D eigenvalue weighted by molar-refractivity contribution is -0.139. The first-order valence-corrected chi connectivity index (χ1v) is 9.28. The molecule has 1 N–H and O–H groups in total. The van der Waals surface area contributed by atoms with E-state index in [-0.39, 0.29) is 5.41 Å². The Balaban J connectivity index is 3.28. The minimum Gasteiger partial charge on any atom is -0.481 e. The van der Waals surface area contributed by atoms with Crippen LogP contribution in [0.4, 0.5) is 0 Å². The van der Waals surface area contributed by atoms with Gasteiger partial charge < -0.3 is 5.11 Å². The van der Waals surface area contributed by atoms with Crippen molar-refractivity contribution in [3.63, 3.8) is 0 Å². The topological polar surface area (TPSA) is 37.3 Å². The minimum atomic E-state index is -0.670. The summed E-state index contributed by atoms with van der Waals surface area (Å²) in [6, 6.07) is 0. The average Bonchev–Trinajstić information content (AvgIpc) is 2.30. The fraction of sp³-hybridized carbons (Fsp3) is 0.938. The second-order valence-corrected chi connectivity index (χ2v) is 7.43. The molecule has 0 saturated carbocycles. The number of rotatable bonds is 13. The summed E-state index contributed by atoms with van der Waals surface area (Å²) in [7, 11) is 0. The molecule has 0 fully saturated rings. The van der Waals surface area contributed by atoms with Crippen LogP contribution in [0.2, 0.25) is 0 Å². The van der Waals surface area contributed by atoms with Gasteiger partial charge in [-0.15, -0.1) is 0 Å². The van der Waals surface area contributed by atoms with Crippen LogP contribution in [0.1, 0.15) is 84.5 Å². The van der Waals surface area contributed by atoms with Crippen molar-refractivity contribution in [2.45, 2.75) is 84.5 Å². The number of carboxylic acid groups (broad SMARTS) is 1. The van der Waals surface area contributed by atoms with E-state index >= 15 is 0 Å². The van der Waals surface area contributed by atoms with Gasteiger partial charge in [0.15, 0.2) is 0 Å². The number of aliphatic carboxylic acids is 1. The molecule has 0 aliphatic heterocycles. The molecule has 0 unspecified atom stereocenters. The van der Waals surface area contributed by atoms with E-state index in [1.807, 2.05) is 0 Å². The van der Waals surface area contributed by atoms with Gasteiger partial charge in [0.05, 0.1) is 6.42 Å². The maximum Gasteiger partial charge on any atom is 0.303 e. The summed E-state index contributed by atoms with van der Waals surface area (Å²) in [5.74, 6) is -0.670. The molecule has 0 amide bonds. The second-order valence-electron chi connectivity index (χ2n) is 6.36. The Labute approximate surface area is 132 Å². The van der Waals surface area contributed by atoms with Gasteiger partial charge in [0, 0.05) is 0 Å². The monoisotopic (exact) mass is 382 g/mol. The molecule has 0 heterocycles. The minimum absolute atomic E-state index is 0.0364. The van der Waals surface area contributed by atoms with Crippen LogP contribution in [0.3, 0.4) is 0 Å². The molecule has 0 aliphatic carbocycles. The summed E-state index contributed by atoms with van der Waals surface area (Å²) in [5, 5.41) is 8.81. The molecule has 0 spiro atoms. The van der Waals surface area contributed by atoms with Crippen molar-refractivity contribution in [1.82, 2.24) is 0 Å². The normalized spacial score (nSPS) is 11.7. The van der Waals surface area contributed by atoms with Crippen LogP contribution in [-0.4, -0.2) is 15.5 Å². The van der Waals surface area contributed by atoms with Crippen LogP contribution >= 0.6 is 22.6 Å². The van der Waals surface area contributed by atoms with Crippen molar-refractivity contribution in [3.8, 4) is 0 Å². The maximum absolute atomic E-state index is 10.7. The highest BCUT2D eigenvalue weighted by molar-refractivity contribution is 14.1. The molecule has 0 bridgehead atoms. The Hall–Kier alpha value is 0.200. The Bertz CT molecular complexity index is 227. The number of carbonyl (C=O) groups is 1. The molecular weight excluding hydrogens is 351 g/mol. The van der Waals surface area contributed by atoms with Gasteiger partial charge in [-0.3, -0.25) is 4.79 Å². The van der Waals surface area contributed by atoms with E-state index in [2.05, 4.69) is 36.4 Å². The van der Waals surface area contributed by atoms with Gasteiger partial charge in [-0.25, -0.2) is 0 Å². The van der Waals surface area contributed by atoms with Gasteiger partial charge >= 0.3 is 5.97 Å². The lowest BCUT2D eigenvalue weighted by atomic mass is 9.83. The average molecular weight is 382 g/mol. The highest BCUT2D eigenvalue weighted by atomic mass is 127. The van der Waals surface area contributed by atoms with Gasteiger partial charge in [-0.2, -0.15) is 0 Å². The van der Waals surface area contributed by atoms with Gasteiger partial charge in [-0.05, 0) is 22.7 Å². The van der Waals surface area contributed by atoms with Crippen molar-refractivity contribution in [2.75, 3.05) is 4.43 Å². The molecule has 0 atom stereocenters. The van der Waals surface area contributed by atoms with E-state index in [0.717, 1.165) is 6.42 Å². The quantitative estimate of drug-likeness (QED) is 0.247. The summed E-state index contributed by atoms with van der Waals surface area (Å²) in [6.07, 6.45) is 13.4. The summed E-state index contributed by atoms with van der Waals surface area (Å²) < 4.78 is 1.30. The highest BCUT2D eigenvalue weighted by Crippen LogP contribution is 2.27. The van der Waals surface area contributed by atoms with Crippen LogP contribution in [0, 0.1) is 5.41 Å². The second kappa shape index (κ2) is 12.0. The number of hydrogen-bond donors (Lipinski definition) is 1. The van der Waals surface area contributed by atoms with E-state index in [0.29, 0.717) is 6.42 Å². The third-order valence-electron chi connectivity index (χ3n) is 3.62. The van der Waals surface area contributed by atoms with E-state index in [4.69, 9.17) is 5.11 Å². The first kappa shape index (κ1) is 19.2. The Morgan fingerprint density at radius 3 is 1.74 bits per heavy atom. The van der Waals surface area contributed by atoms with Crippen molar-refractivity contribution >= 4 is 28.6 Å². The fourth-order valence-electron chi connectivity index (χ4n) is 2.43. The number of carboxylic acids is 1. The molecular formula is C16H31IO2. The molecule has 0 aliphatic rings. The van der Waals surface area contributed by atoms with Crippen LogP contribution in [0.5, 0.6) is 0 Å². The predicted molar refractivity (Wildman–Crippen MR) is 91.1 cm³/mol. The molecule has 0 aromatic rings. The zero-order chi connectivity index (χ0) is 14.6. The van der Waals surface area contributed by atoms with E-state index < -0.39 is 5.97 Å². The Morgan fingerprint density at radius 1 is 0.895 bits per heavy atom. The molecule has 3 heteroatoms. The smallest absolute Gasteiger partial charge is 0.303 e. The Kier molecular flexibility index (Phi) is 12.1. The molecule has 0 aromatic carbocycles. The standard InChI is InChI=1S/C16H31IO2/c1-16(2,14-15(18)19)12-10-8-6-4-3-5-7-9-11-13-17/h3-14H2,1-2H3,(H,18,19). The van der Waals surface area contributed by atoms with Crippen molar-refractivity contribution < 1.29 is 9.90 Å². The lowest BCUT2D eigenvalue weighted by Gasteiger charge is -2.21. The van der Waals surface area contributed by atoms with Crippen LogP contribution < -0.4 is 0 Å². The van der Waals surface area contributed by atoms with Crippen molar-refractivity contribution in [2.24, 2.45) is 5.41 Å². The van der Waals surface area contributed by atoms with Crippen LogP contribution in [0.15, 0.2) is 0 Å². The van der Waals surface area contributed by atoms with Gasteiger partial charge in [0.25, 0.3) is 0 Å². The van der Waals surface area contributed by atoms with Gasteiger partial charge in [0.1, 0.15) is 0 Å². The molecule has 114 valence electrons. The van der Waals surface area contributed by atoms with Crippen molar-refractivity contribution in [3.05, 3.63) is 0 Å². The summed E-state index contributed by atoms with van der Waals surface area (Å²) >= 11 is 2.45. The van der Waals surface area contributed by atoms with E-state index in [1.54, 1.807) is 0 Å². The van der Waals surface area contributed by atoms with Gasteiger partial charge in [0.2, 0.25) is 0 Å². The van der Waals surface area contributed by atoms with E-state index in [9.17, 15) is 4.79 Å². The molecule has 19 heavy (non-hydrogen) atoms. The van der Waals surface area contributed by atoms with E-state index in [1.165, 1.54) is 62.2 Å². The van der Waals surface area contributed by atoms with Crippen molar-refractivity contribution in [1.29, 1.82) is 0 Å². The first-order chi connectivity index (χ1) is 8.98. The zero-order valence-electron chi connectivity index (χ0n) is 12.7. The molecule has 0 radical (unpaired) electrons. The highest BCUT2D eigenvalue weighted by Gasteiger charge is 2.20. The number of hydrogen-bond acceptors (Lipinski definition) is 1. The molecule has 0 saturated heterocycles. The molecule has 0 aromatic heterocycles. The fourth-order valence-corrected chi connectivity index (χ4v) is 2.97. The predicted octanol–water partition coefficient (Wildman–Crippen LogP) is 5.82. The zero-order valence-corrected chi connectivity index (χ0v) is 14.9. The third-order valence-corrected chi connectivity index (χ3v) is 4.38. The number of alkyl halides is 1. The SMILES string of the molecule is CC(C)(CCCCCCCCCCCI)CC(=O)O. The number of halogens is 1. The third kappa shape index (κ3) is 14.4. The van der Waals surface area contributed by atoms with Crippen LogP contribution in [0.25, 0.3) is 0 Å². The van der Waals surface area contributed by atoms with Gasteiger partial charge in [-0.1, -0.05) is 87.8 Å². The number of unbranched alkanes of at least 4 members (excludes halogenated alkanes) is 8. The largest absolute Gasteiger partial charge is 0.481 e. The summed E-state index contributed by atoms with van der Waals surface area (Å²) in [6.45, 7) is 4.13. The lowest BCUT2D eigenvalue weighted by Crippen LogP contribution is -2.16. The van der Waals surface area contributed by atoms with Crippen LogP contribution in [-0.2, 0) is 4.79 Å². The maximum atomic E-state index is 10.7. The summed E-state index contributed by atoms with van der Waals surface area (Å²) in [4.78, 5) is 10.7. The molecule has 2 nitrogen and oxygen atoms in total. The molecule has 0 rings (SSSR count). The first-order valence-electron chi connectivity index (χ1n) is 7.76. The summed E-state index contributed by atoms with van der Waals surface area (Å²) in [5.41, 5.74) is -0.0364. The Morgan fingerprint density at radius 2 is 1.32 bits per heavy atom.